The lowest BCUT2D eigenvalue weighted by atomic mass is 10.0. The van der Waals surface area contributed by atoms with E-state index in [0.717, 1.165) is 64.2 Å². The van der Waals surface area contributed by atoms with Gasteiger partial charge in [0.2, 0.25) is 5.91 Å². The molecule has 0 bridgehead atoms. The van der Waals surface area contributed by atoms with Crippen LogP contribution in [0.1, 0.15) is 232 Å². The summed E-state index contributed by atoms with van der Waals surface area (Å²) in [7, 11) is -4.32. The van der Waals surface area contributed by atoms with Crippen LogP contribution >= 0.6 is 7.82 Å². The van der Waals surface area contributed by atoms with Crippen molar-refractivity contribution in [3.63, 3.8) is 0 Å². The van der Waals surface area contributed by atoms with Crippen molar-refractivity contribution < 1.29 is 28.4 Å². The highest BCUT2D eigenvalue weighted by Crippen LogP contribution is 2.43. The number of nitrogens with two attached hydrogens (primary N) is 1. The van der Waals surface area contributed by atoms with Gasteiger partial charge < -0.3 is 21.1 Å². The number of aliphatic hydroxyl groups excluding tert-OH is 1. The zero-order chi connectivity index (χ0) is 41.8. The van der Waals surface area contributed by atoms with E-state index < -0.39 is 20.0 Å². The Labute approximate surface area is 352 Å². The predicted octanol–water partition coefficient (Wildman–Crippen LogP) is 13.9. The molecule has 3 unspecified atom stereocenters. The predicted molar refractivity (Wildman–Crippen MR) is 244 cm³/mol. The van der Waals surface area contributed by atoms with E-state index >= 15 is 0 Å². The van der Waals surface area contributed by atoms with Gasteiger partial charge in [-0.25, -0.2) is 4.57 Å². The fourth-order valence-corrected chi connectivity index (χ4v) is 7.91. The van der Waals surface area contributed by atoms with Crippen LogP contribution in [0.25, 0.3) is 0 Å². The van der Waals surface area contributed by atoms with Gasteiger partial charge in [0.1, 0.15) is 0 Å². The third-order valence-electron chi connectivity index (χ3n) is 10.8. The number of phosphoric acid groups is 1. The van der Waals surface area contributed by atoms with E-state index in [1.807, 2.05) is 0 Å². The highest BCUT2D eigenvalue weighted by Gasteiger charge is 2.27. The summed E-state index contributed by atoms with van der Waals surface area (Å²) in [5.41, 5.74) is 5.39. The molecule has 0 aromatic rings. The summed E-state index contributed by atoms with van der Waals surface area (Å²) in [6.45, 7) is 4.11. The molecule has 0 saturated carbocycles. The van der Waals surface area contributed by atoms with Crippen molar-refractivity contribution in [2.45, 2.75) is 244 Å². The molecule has 8 nitrogen and oxygen atoms in total. The zero-order valence-electron chi connectivity index (χ0n) is 37.3. The second-order valence-electron chi connectivity index (χ2n) is 16.3. The van der Waals surface area contributed by atoms with Crippen molar-refractivity contribution in [2.75, 3.05) is 19.8 Å². The highest BCUT2D eigenvalue weighted by atomic mass is 31.2. The van der Waals surface area contributed by atoms with Crippen LogP contribution in [-0.2, 0) is 18.4 Å². The molecule has 0 rings (SSSR count). The number of rotatable bonds is 45. The van der Waals surface area contributed by atoms with E-state index in [2.05, 4.69) is 55.6 Å². The number of unbranched alkanes of at least 4 members (excludes halogenated alkanes) is 27. The Bertz CT molecular complexity index is 990. The van der Waals surface area contributed by atoms with Gasteiger partial charge in [0.05, 0.1) is 25.4 Å². The lowest BCUT2D eigenvalue weighted by Gasteiger charge is -2.25. The minimum atomic E-state index is -4.32. The molecule has 0 fully saturated rings. The van der Waals surface area contributed by atoms with E-state index in [9.17, 15) is 19.4 Å². The summed E-state index contributed by atoms with van der Waals surface area (Å²) in [6, 6.07) is -0.780. The molecule has 0 aromatic carbocycles. The third-order valence-corrected chi connectivity index (χ3v) is 11.7. The average Bonchev–Trinajstić information content (AvgIpc) is 3.20. The molecule has 1 amide bonds. The molecule has 3 atom stereocenters. The summed E-state index contributed by atoms with van der Waals surface area (Å²) in [6.07, 6.45) is 53.0. The second-order valence-corrected chi connectivity index (χ2v) is 17.7. The maximum absolute atomic E-state index is 12.8. The molecule has 0 aliphatic heterocycles. The molecular formula is C48H93N2O6P. The van der Waals surface area contributed by atoms with Crippen molar-refractivity contribution in [3.8, 4) is 0 Å². The van der Waals surface area contributed by atoms with Crippen molar-refractivity contribution in [1.29, 1.82) is 0 Å². The van der Waals surface area contributed by atoms with Crippen LogP contribution in [0.15, 0.2) is 36.5 Å². The molecule has 0 radical (unpaired) electrons. The molecule has 336 valence electrons. The van der Waals surface area contributed by atoms with Gasteiger partial charge in [0, 0.05) is 13.0 Å². The monoisotopic (exact) mass is 825 g/mol. The number of carbonyl (C=O) groups is 1. The Hall–Kier alpha value is -1.28. The average molecular weight is 825 g/mol. The van der Waals surface area contributed by atoms with Crippen molar-refractivity contribution in [1.82, 2.24) is 5.32 Å². The van der Waals surface area contributed by atoms with Gasteiger partial charge in [-0.3, -0.25) is 13.8 Å². The second kappa shape index (κ2) is 44.3. The van der Waals surface area contributed by atoms with Gasteiger partial charge in [-0.2, -0.15) is 0 Å². The molecule has 57 heavy (non-hydrogen) atoms. The zero-order valence-corrected chi connectivity index (χ0v) is 38.2. The lowest BCUT2D eigenvalue weighted by Crippen LogP contribution is -2.46. The number of hydrogen-bond acceptors (Lipinski definition) is 6. The number of nitrogens with one attached hydrogen (secondary N) is 1. The molecule has 0 aromatic heterocycles. The minimum Gasteiger partial charge on any atom is -0.391 e. The Morgan fingerprint density at radius 1 is 0.596 bits per heavy atom. The summed E-state index contributed by atoms with van der Waals surface area (Å²) < 4.78 is 22.2. The molecule has 0 aliphatic rings. The third kappa shape index (κ3) is 42.6. The van der Waals surface area contributed by atoms with Gasteiger partial charge in [-0.05, 0) is 44.9 Å². The quantitative estimate of drug-likeness (QED) is 0.0273. The normalized spacial score (nSPS) is 14.3. The van der Waals surface area contributed by atoms with Crippen LogP contribution in [0.4, 0.5) is 0 Å². The standard InChI is InChI=1S/C48H93N2O6P/c1-3-5-7-9-11-13-15-17-19-21-22-23-24-26-27-29-31-33-35-37-39-41-47(51)46(45-56-57(53,54)55-44-43-49)50-48(52)42-40-38-36-34-32-30-28-25-20-18-16-14-12-10-8-6-4-2/h6,8,12,14,18,20,46-47,51H,3-5,7,9-11,13,15-17,19,21-45,49H2,1-2H3,(H,50,52)(H,53,54)/b8-6-,14-12-,20-18-. The first-order chi connectivity index (χ1) is 27.9. The van der Waals surface area contributed by atoms with E-state index in [-0.39, 0.29) is 25.7 Å². The Morgan fingerprint density at radius 2 is 1.02 bits per heavy atom. The van der Waals surface area contributed by atoms with Crippen LogP contribution in [0.2, 0.25) is 0 Å². The first-order valence-electron chi connectivity index (χ1n) is 24.1. The minimum absolute atomic E-state index is 0.0866. The fraction of sp³-hybridized carbons (Fsp3) is 0.854. The summed E-state index contributed by atoms with van der Waals surface area (Å²) in [5, 5.41) is 13.8. The topological polar surface area (TPSA) is 131 Å². The van der Waals surface area contributed by atoms with Crippen LogP contribution in [0.5, 0.6) is 0 Å². The Kier molecular flexibility index (Phi) is 43.3. The number of phosphoric ester groups is 1. The van der Waals surface area contributed by atoms with Crippen molar-refractivity contribution in [2.24, 2.45) is 5.73 Å². The van der Waals surface area contributed by atoms with Gasteiger partial charge in [-0.1, -0.05) is 217 Å². The highest BCUT2D eigenvalue weighted by molar-refractivity contribution is 7.47. The fourth-order valence-electron chi connectivity index (χ4n) is 7.15. The van der Waals surface area contributed by atoms with Crippen molar-refractivity contribution >= 4 is 13.7 Å². The van der Waals surface area contributed by atoms with Crippen LogP contribution in [0.3, 0.4) is 0 Å². The van der Waals surface area contributed by atoms with E-state index in [1.165, 1.54) is 141 Å². The first kappa shape index (κ1) is 55.7. The summed E-state index contributed by atoms with van der Waals surface area (Å²) in [4.78, 5) is 22.8. The van der Waals surface area contributed by atoms with Gasteiger partial charge in [0.15, 0.2) is 0 Å². The van der Waals surface area contributed by atoms with E-state index in [1.54, 1.807) is 0 Å². The van der Waals surface area contributed by atoms with Gasteiger partial charge in [0.25, 0.3) is 0 Å². The maximum Gasteiger partial charge on any atom is 0.472 e. The number of allylic oxidation sites excluding steroid dienone is 6. The molecule has 0 saturated heterocycles. The van der Waals surface area contributed by atoms with Crippen LogP contribution < -0.4 is 11.1 Å². The number of carbonyl (C=O) groups excluding carboxylic acids is 1. The van der Waals surface area contributed by atoms with Crippen molar-refractivity contribution in [3.05, 3.63) is 36.5 Å². The largest absolute Gasteiger partial charge is 0.472 e. The summed E-state index contributed by atoms with van der Waals surface area (Å²) >= 11 is 0. The first-order valence-corrected chi connectivity index (χ1v) is 25.6. The molecule has 0 spiro atoms. The number of hydrogen-bond donors (Lipinski definition) is 4. The molecule has 5 N–H and O–H groups in total. The SMILES string of the molecule is CC/C=C\C/C=C\C/C=C\CCCCCCCCCC(=O)NC(COP(=O)(O)OCCN)C(O)CCCCCCCCCCCCCCCCCCCCCCC. The van der Waals surface area contributed by atoms with E-state index in [0.29, 0.717) is 12.8 Å². The maximum atomic E-state index is 12.8. The molecule has 0 aliphatic carbocycles. The molecular weight excluding hydrogens is 732 g/mol. The van der Waals surface area contributed by atoms with Gasteiger partial charge >= 0.3 is 7.82 Å². The van der Waals surface area contributed by atoms with Crippen LogP contribution in [-0.4, -0.2) is 47.8 Å². The number of aliphatic hydroxyl groups is 1. The molecule has 9 heteroatoms. The Morgan fingerprint density at radius 3 is 1.49 bits per heavy atom. The lowest BCUT2D eigenvalue weighted by molar-refractivity contribution is -0.123. The van der Waals surface area contributed by atoms with Gasteiger partial charge in [-0.15, -0.1) is 0 Å². The number of amides is 1. The van der Waals surface area contributed by atoms with Crippen LogP contribution in [0, 0.1) is 0 Å². The summed E-state index contributed by atoms with van der Waals surface area (Å²) in [5.74, 6) is -0.170. The Balaban J connectivity index is 4.08. The molecule has 0 heterocycles. The smallest absolute Gasteiger partial charge is 0.391 e. The van der Waals surface area contributed by atoms with E-state index in [4.69, 9.17) is 14.8 Å².